The minimum Gasteiger partial charge on any atom is -0.488 e. The summed E-state index contributed by atoms with van der Waals surface area (Å²) in [6.45, 7) is 1.87. The van der Waals surface area contributed by atoms with E-state index in [-0.39, 0.29) is 5.75 Å². The van der Waals surface area contributed by atoms with Crippen LogP contribution in [0.2, 0.25) is 0 Å². The molecule has 0 aliphatic heterocycles. The highest BCUT2D eigenvalue weighted by Gasteiger charge is 2.16. The van der Waals surface area contributed by atoms with Gasteiger partial charge in [-0.05, 0) is 35.4 Å². The third-order valence-corrected chi connectivity index (χ3v) is 5.14. The minimum absolute atomic E-state index is 0.216. The van der Waals surface area contributed by atoms with Crippen molar-refractivity contribution in [2.45, 2.75) is 6.42 Å². The SMILES string of the molecule is C[N+](C)(CCCS(=O)(=O)O)CCOc1ccc(-c2ccc(C#N)cc2)cc1. The summed E-state index contributed by atoms with van der Waals surface area (Å²) >= 11 is 0. The fraction of sp³-hybridized carbons (Fsp3) is 0.350. The molecule has 0 unspecified atom stereocenters. The van der Waals surface area contributed by atoms with Crippen LogP contribution in [0.3, 0.4) is 0 Å². The molecule has 0 fully saturated rings. The van der Waals surface area contributed by atoms with Crippen LogP contribution < -0.4 is 4.74 Å². The van der Waals surface area contributed by atoms with E-state index in [1.807, 2.05) is 50.5 Å². The van der Waals surface area contributed by atoms with Crippen molar-refractivity contribution in [3.8, 4) is 22.9 Å². The Morgan fingerprint density at radius 3 is 2.07 bits per heavy atom. The molecular weight excluding hydrogens is 364 g/mol. The highest BCUT2D eigenvalue weighted by atomic mass is 32.2. The van der Waals surface area contributed by atoms with E-state index in [1.54, 1.807) is 12.1 Å². The molecule has 0 aliphatic rings. The van der Waals surface area contributed by atoms with Crippen LogP contribution in [-0.2, 0) is 10.1 Å². The van der Waals surface area contributed by atoms with Crippen molar-refractivity contribution >= 4 is 10.1 Å². The van der Waals surface area contributed by atoms with E-state index in [0.717, 1.165) is 23.4 Å². The van der Waals surface area contributed by atoms with Gasteiger partial charge in [-0.25, -0.2) is 0 Å². The van der Waals surface area contributed by atoms with Gasteiger partial charge in [0.1, 0.15) is 18.9 Å². The number of ether oxygens (including phenoxy) is 1. The molecule has 0 saturated heterocycles. The zero-order chi connectivity index (χ0) is 19.9. The van der Waals surface area contributed by atoms with E-state index >= 15 is 0 Å². The average Bonchev–Trinajstić information content (AvgIpc) is 2.61. The van der Waals surface area contributed by atoms with Gasteiger partial charge >= 0.3 is 0 Å². The van der Waals surface area contributed by atoms with Gasteiger partial charge in [-0.15, -0.1) is 0 Å². The van der Waals surface area contributed by atoms with Gasteiger partial charge in [0.2, 0.25) is 0 Å². The molecule has 1 N–H and O–H groups in total. The predicted molar refractivity (Wildman–Crippen MR) is 105 cm³/mol. The number of likely N-dealkylation sites (N-methyl/N-ethyl adjacent to an activating group) is 1. The molecule has 0 aromatic heterocycles. The number of nitrogens with zero attached hydrogens (tertiary/aromatic N) is 2. The molecular formula is C20H25N2O4S+. The Bertz CT molecular complexity index is 883. The molecule has 27 heavy (non-hydrogen) atoms. The average molecular weight is 389 g/mol. The third-order valence-electron chi connectivity index (χ3n) is 4.33. The molecule has 2 aromatic rings. The Labute approximate surface area is 161 Å². The van der Waals surface area contributed by atoms with E-state index in [4.69, 9.17) is 14.6 Å². The number of benzene rings is 2. The molecule has 7 heteroatoms. The lowest BCUT2D eigenvalue weighted by Gasteiger charge is -2.29. The van der Waals surface area contributed by atoms with Gasteiger partial charge < -0.3 is 9.22 Å². The van der Waals surface area contributed by atoms with Gasteiger partial charge in [0.05, 0.1) is 38.0 Å². The summed E-state index contributed by atoms with van der Waals surface area (Å²) in [6, 6.07) is 17.3. The van der Waals surface area contributed by atoms with Crippen molar-refractivity contribution in [3.05, 3.63) is 54.1 Å². The zero-order valence-electron chi connectivity index (χ0n) is 15.6. The third kappa shape index (κ3) is 7.39. The number of rotatable bonds is 9. The first-order chi connectivity index (χ1) is 12.7. The maximum absolute atomic E-state index is 10.8. The lowest BCUT2D eigenvalue weighted by atomic mass is 10.0. The number of nitriles is 1. The van der Waals surface area contributed by atoms with Crippen LogP contribution in [0, 0.1) is 11.3 Å². The van der Waals surface area contributed by atoms with Crippen LogP contribution in [0.5, 0.6) is 5.75 Å². The second-order valence-corrected chi connectivity index (χ2v) is 8.66. The first-order valence-electron chi connectivity index (χ1n) is 8.69. The second-order valence-electron chi connectivity index (χ2n) is 7.08. The van der Waals surface area contributed by atoms with Crippen molar-refractivity contribution in [1.29, 1.82) is 5.26 Å². The maximum atomic E-state index is 10.8. The maximum Gasteiger partial charge on any atom is 0.265 e. The zero-order valence-corrected chi connectivity index (χ0v) is 16.4. The lowest BCUT2D eigenvalue weighted by molar-refractivity contribution is -0.890. The number of hydrogen-bond acceptors (Lipinski definition) is 4. The molecule has 144 valence electrons. The van der Waals surface area contributed by atoms with Crippen LogP contribution >= 0.6 is 0 Å². The smallest absolute Gasteiger partial charge is 0.265 e. The predicted octanol–water partition coefficient (Wildman–Crippen LogP) is 2.96. The fourth-order valence-corrected chi connectivity index (χ4v) is 3.17. The molecule has 0 aliphatic carbocycles. The Morgan fingerprint density at radius 1 is 1.00 bits per heavy atom. The van der Waals surface area contributed by atoms with Gasteiger partial charge in [-0.2, -0.15) is 13.7 Å². The van der Waals surface area contributed by atoms with Crippen molar-refractivity contribution in [2.75, 3.05) is 39.5 Å². The van der Waals surface area contributed by atoms with E-state index in [0.29, 0.717) is 29.6 Å². The number of quaternary nitrogens is 1. The molecule has 0 saturated carbocycles. The van der Waals surface area contributed by atoms with Crippen molar-refractivity contribution in [1.82, 2.24) is 0 Å². The van der Waals surface area contributed by atoms with Crippen molar-refractivity contribution in [3.63, 3.8) is 0 Å². The fourth-order valence-electron chi connectivity index (χ4n) is 2.68. The summed E-state index contributed by atoms with van der Waals surface area (Å²) in [5.74, 6) is 0.553. The van der Waals surface area contributed by atoms with Crippen LogP contribution in [0.4, 0.5) is 0 Å². The van der Waals surface area contributed by atoms with E-state index in [9.17, 15) is 8.42 Å². The Morgan fingerprint density at radius 2 is 1.56 bits per heavy atom. The van der Waals surface area contributed by atoms with Crippen LogP contribution in [0.1, 0.15) is 12.0 Å². The summed E-state index contributed by atoms with van der Waals surface area (Å²) in [5, 5.41) is 8.85. The van der Waals surface area contributed by atoms with E-state index in [2.05, 4.69) is 6.07 Å². The highest BCUT2D eigenvalue weighted by Crippen LogP contribution is 2.22. The van der Waals surface area contributed by atoms with Crippen LogP contribution in [0.25, 0.3) is 11.1 Å². The van der Waals surface area contributed by atoms with E-state index in [1.165, 1.54) is 0 Å². The molecule has 0 spiro atoms. The second kappa shape index (κ2) is 9.00. The molecule has 0 bridgehead atoms. The molecule has 2 aromatic carbocycles. The van der Waals surface area contributed by atoms with Gasteiger partial charge in [0.15, 0.2) is 0 Å². The van der Waals surface area contributed by atoms with E-state index < -0.39 is 10.1 Å². The summed E-state index contributed by atoms with van der Waals surface area (Å²) in [5.41, 5.74) is 2.72. The Balaban J connectivity index is 1.83. The van der Waals surface area contributed by atoms with Gasteiger partial charge in [0.25, 0.3) is 10.1 Å². The van der Waals surface area contributed by atoms with Gasteiger partial charge in [0, 0.05) is 6.42 Å². The molecule has 0 radical (unpaired) electrons. The van der Waals surface area contributed by atoms with Crippen molar-refractivity contribution in [2.24, 2.45) is 0 Å². The summed E-state index contributed by atoms with van der Waals surface area (Å²) in [4.78, 5) is 0. The van der Waals surface area contributed by atoms with Gasteiger partial charge in [-0.3, -0.25) is 4.55 Å². The van der Waals surface area contributed by atoms with Crippen LogP contribution in [0.15, 0.2) is 48.5 Å². The topological polar surface area (TPSA) is 87.4 Å². The summed E-state index contributed by atoms with van der Waals surface area (Å²) in [6.07, 6.45) is 0.408. The summed E-state index contributed by atoms with van der Waals surface area (Å²) < 4.78 is 36.8. The molecule has 0 heterocycles. The molecule has 6 nitrogen and oxygen atoms in total. The summed E-state index contributed by atoms with van der Waals surface area (Å²) in [7, 11) is 0.104. The largest absolute Gasteiger partial charge is 0.488 e. The normalized spacial score (nSPS) is 11.8. The van der Waals surface area contributed by atoms with Crippen LogP contribution in [-0.4, -0.2) is 57.0 Å². The minimum atomic E-state index is -3.90. The molecule has 2 rings (SSSR count). The molecule has 0 atom stereocenters. The Hall–Kier alpha value is -2.40. The first kappa shape index (κ1) is 20.9. The molecule has 0 amide bonds. The highest BCUT2D eigenvalue weighted by molar-refractivity contribution is 7.85. The first-order valence-corrected chi connectivity index (χ1v) is 10.3. The van der Waals surface area contributed by atoms with Crippen molar-refractivity contribution < 1.29 is 22.2 Å². The number of hydrogen-bond donors (Lipinski definition) is 1. The quantitative estimate of drug-likeness (QED) is 0.526. The lowest BCUT2D eigenvalue weighted by Crippen LogP contribution is -2.44. The standard InChI is InChI=1S/C20H24N2O4S/c1-22(2,12-3-15-27(23,24)25)13-14-26-20-10-8-19(9-11-20)18-6-4-17(16-21)5-7-18/h4-11H,3,12-15H2,1-2H3/p+1. The van der Waals surface area contributed by atoms with Gasteiger partial charge in [-0.1, -0.05) is 24.3 Å². The monoisotopic (exact) mass is 389 g/mol. The Kier molecular flexibility index (Phi) is 6.97.